The number of hydrogen-bond donors (Lipinski definition) is 2. The zero-order valence-corrected chi connectivity index (χ0v) is 12.1. The normalized spacial score (nSPS) is 22.3. The maximum Gasteiger partial charge on any atom is 0.256 e. The third-order valence-electron chi connectivity index (χ3n) is 4.09. The van der Waals surface area contributed by atoms with Gasteiger partial charge in [-0.15, -0.1) is 0 Å². The number of rotatable bonds is 1. The summed E-state index contributed by atoms with van der Waals surface area (Å²) >= 11 is 5.82. The first-order valence-corrected chi connectivity index (χ1v) is 7.18. The number of carbonyl (C=O) groups is 1. The zero-order valence-electron chi connectivity index (χ0n) is 11.4. The minimum atomic E-state index is -0.896. The Morgan fingerprint density at radius 1 is 1.23 bits per heavy atom. The van der Waals surface area contributed by atoms with Gasteiger partial charge in [-0.25, -0.2) is 4.39 Å². The lowest BCUT2D eigenvalue weighted by Crippen LogP contribution is -2.42. The predicted molar refractivity (Wildman–Crippen MR) is 82.4 cm³/mol. The van der Waals surface area contributed by atoms with Crippen molar-refractivity contribution in [2.45, 2.75) is 12.0 Å². The van der Waals surface area contributed by atoms with E-state index in [-0.39, 0.29) is 10.9 Å². The zero-order chi connectivity index (χ0) is 15.3. The Kier molecular flexibility index (Phi) is 2.74. The second kappa shape index (κ2) is 4.55. The lowest BCUT2D eigenvalue weighted by Gasteiger charge is -2.20. The number of anilines is 1. The van der Waals surface area contributed by atoms with Gasteiger partial charge in [-0.2, -0.15) is 5.10 Å². The highest BCUT2D eigenvalue weighted by Crippen LogP contribution is 2.41. The fourth-order valence-electron chi connectivity index (χ4n) is 2.94. The fraction of sp³-hybridized carbons (Fsp3) is 0.125. The Morgan fingerprint density at radius 2 is 2.05 bits per heavy atom. The molecule has 4 rings (SSSR count). The molecule has 0 bridgehead atoms. The van der Waals surface area contributed by atoms with Crippen LogP contribution in [0.5, 0.6) is 0 Å². The molecule has 2 heterocycles. The molecule has 1 amide bonds. The molecule has 0 aliphatic carbocycles. The second-order valence-electron chi connectivity index (χ2n) is 5.38. The van der Waals surface area contributed by atoms with Crippen molar-refractivity contribution in [2.75, 3.05) is 5.32 Å². The highest BCUT2D eigenvalue weighted by atomic mass is 35.5. The lowest BCUT2D eigenvalue weighted by molar-refractivity contribution is -0.121. The van der Waals surface area contributed by atoms with Crippen molar-refractivity contribution in [3.05, 3.63) is 64.4 Å². The van der Waals surface area contributed by atoms with Crippen molar-refractivity contribution in [1.82, 2.24) is 5.43 Å². The van der Waals surface area contributed by atoms with E-state index in [1.807, 2.05) is 24.3 Å². The Bertz CT molecular complexity index is 836. The number of carbonyl (C=O) groups excluding carboxylic acids is 1. The molecule has 4 nitrogen and oxygen atoms in total. The van der Waals surface area contributed by atoms with E-state index in [1.54, 1.807) is 6.07 Å². The van der Waals surface area contributed by atoms with E-state index < -0.39 is 11.4 Å². The van der Waals surface area contributed by atoms with Gasteiger partial charge in [0.25, 0.3) is 5.91 Å². The van der Waals surface area contributed by atoms with E-state index in [4.69, 9.17) is 11.6 Å². The molecule has 0 aromatic heterocycles. The summed E-state index contributed by atoms with van der Waals surface area (Å²) in [5.74, 6) is -0.615. The highest BCUT2D eigenvalue weighted by Gasteiger charge is 2.50. The number of para-hydroxylation sites is 1. The molecule has 2 aromatic rings. The third kappa shape index (κ3) is 1.75. The summed E-state index contributed by atoms with van der Waals surface area (Å²) in [5, 5.41) is 7.19. The minimum absolute atomic E-state index is 0.0393. The van der Waals surface area contributed by atoms with Crippen molar-refractivity contribution in [3.8, 4) is 0 Å². The number of halogens is 2. The molecule has 1 spiro atoms. The molecule has 0 unspecified atom stereocenters. The summed E-state index contributed by atoms with van der Waals surface area (Å²) in [5.41, 5.74) is 5.09. The monoisotopic (exact) mass is 315 g/mol. The van der Waals surface area contributed by atoms with Crippen LogP contribution in [-0.2, 0) is 10.3 Å². The van der Waals surface area contributed by atoms with E-state index in [2.05, 4.69) is 15.8 Å². The molecule has 1 atom stereocenters. The summed E-state index contributed by atoms with van der Waals surface area (Å²) in [6.45, 7) is 0. The summed E-state index contributed by atoms with van der Waals surface area (Å²) in [4.78, 5) is 12.4. The van der Waals surface area contributed by atoms with Gasteiger partial charge < -0.3 is 5.32 Å². The molecule has 6 heteroatoms. The molecule has 2 aliphatic heterocycles. The summed E-state index contributed by atoms with van der Waals surface area (Å²) in [6, 6.07) is 11.9. The van der Waals surface area contributed by atoms with Crippen LogP contribution in [-0.4, -0.2) is 11.6 Å². The molecule has 0 radical (unpaired) electrons. The van der Waals surface area contributed by atoms with Crippen molar-refractivity contribution < 1.29 is 9.18 Å². The van der Waals surface area contributed by atoms with Crippen LogP contribution in [0, 0.1) is 5.82 Å². The van der Waals surface area contributed by atoms with Crippen LogP contribution in [0.25, 0.3) is 0 Å². The SMILES string of the molecule is O=C1Nc2ccccc2[C@@]12CC(c1ccc(F)c(Cl)c1)=NN2. The molecule has 0 fully saturated rings. The van der Waals surface area contributed by atoms with Gasteiger partial charge in [0.05, 0.1) is 10.7 Å². The van der Waals surface area contributed by atoms with Gasteiger partial charge in [0.15, 0.2) is 5.54 Å². The number of benzene rings is 2. The first-order valence-electron chi connectivity index (χ1n) is 6.80. The first-order chi connectivity index (χ1) is 10.6. The summed E-state index contributed by atoms with van der Waals surface area (Å²) in [6.07, 6.45) is 0.387. The molecule has 22 heavy (non-hydrogen) atoms. The van der Waals surface area contributed by atoms with Crippen LogP contribution in [0.2, 0.25) is 5.02 Å². The third-order valence-corrected chi connectivity index (χ3v) is 4.38. The van der Waals surface area contributed by atoms with E-state index in [9.17, 15) is 9.18 Å². The van der Waals surface area contributed by atoms with Gasteiger partial charge in [0, 0.05) is 17.7 Å². The first kappa shape index (κ1) is 13.3. The number of fused-ring (bicyclic) bond motifs is 2. The van der Waals surface area contributed by atoms with E-state index >= 15 is 0 Å². The lowest BCUT2D eigenvalue weighted by atomic mass is 9.86. The largest absolute Gasteiger partial charge is 0.323 e. The van der Waals surface area contributed by atoms with Crippen molar-refractivity contribution >= 4 is 28.9 Å². The standard InChI is InChI=1S/C16H11ClFN3O/c17-11-7-9(5-6-12(11)18)14-8-16(21-20-14)10-3-1-2-4-13(10)19-15(16)22/h1-7,21H,8H2,(H,19,22)/t16-/m0/s1. The second-order valence-corrected chi connectivity index (χ2v) is 5.79. The number of nitrogens with one attached hydrogen (secondary N) is 2. The number of hydrazone groups is 1. The van der Waals surface area contributed by atoms with E-state index in [0.717, 1.165) is 11.3 Å². The summed E-state index contributed by atoms with van der Waals surface area (Å²) in [7, 11) is 0. The van der Waals surface area contributed by atoms with Crippen LogP contribution < -0.4 is 10.7 Å². The van der Waals surface area contributed by atoms with Gasteiger partial charge in [0.2, 0.25) is 0 Å². The van der Waals surface area contributed by atoms with Gasteiger partial charge in [-0.05, 0) is 23.8 Å². The molecular formula is C16H11ClFN3O. The van der Waals surface area contributed by atoms with Crippen LogP contribution >= 0.6 is 11.6 Å². The summed E-state index contributed by atoms with van der Waals surface area (Å²) < 4.78 is 13.3. The van der Waals surface area contributed by atoms with E-state index in [0.29, 0.717) is 17.7 Å². The smallest absolute Gasteiger partial charge is 0.256 e. The minimum Gasteiger partial charge on any atom is -0.323 e. The molecule has 2 aromatic carbocycles. The Labute approximate surface area is 131 Å². The average Bonchev–Trinajstić information content (AvgIpc) is 3.07. The molecule has 110 valence electrons. The van der Waals surface area contributed by atoms with Gasteiger partial charge in [-0.1, -0.05) is 35.9 Å². The maximum absolute atomic E-state index is 13.3. The van der Waals surface area contributed by atoms with Crippen molar-refractivity contribution in [3.63, 3.8) is 0 Å². The quantitative estimate of drug-likeness (QED) is 0.850. The Morgan fingerprint density at radius 3 is 2.86 bits per heavy atom. The van der Waals surface area contributed by atoms with Crippen molar-refractivity contribution in [2.24, 2.45) is 5.10 Å². The molecular weight excluding hydrogens is 305 g/mol. The fourth-order valence-corrected chi connectivity index (χ4v) is 3.12. The van der Waals surface area contributed by atoms with E-state index in [1.165, 1.54) is 12.1 Å². The van der Waals surface area contributed by atoms with Crippen molar-refractivity contribution in [1.29, 1.82) is 0 Å². The average molecular weight is 316 g/mol. The maximum atomic E-state index is 13.3. The van der Waals surface area contributed by atoms with Gasteiger partial charge in [0.1, 0.15) is 5.82 Å². The van der Waals surface area contributed by atoms with Gasteiger partial charge >= 0.3 is 0 Å². The van der Waals surface area contributed by atoms with Crippen LogP contribution in [0.15, 0.2) is 47.6 Å². The van der Waals surface area contributed by atoms with Gasteiger partial charge in [-0.3, -0.25) is 10.2 Å². The highest BCUT2D eigenvalue weighted by molar-refractivity contribution is 6.31. The topological polar surface area (TPSA) is 53.5 Å². The molecule has 0 saturated carbocycles. The predicted octanol–water partition coefficient (Wildman–Crippen LogP) is 3.02. The number of nitrogens with zero attached hydrogens (tertiary/aromatic N) is 1. The Hall–Kier alpha value is -2.40. The van der Waals surface area contributed by atoms with Crippen LogP contribution in [0.1, 0.15) is 17.5 Å². The molecule has 0 saturated heterocycles. The number of hydrogen-bond acceptors (Lipinski definition) is 3. The molecule has 2 aliphatic rings. The number of amides is 1. The van der Waals surface area contributed by atoms with Crippen LogP contribution in [0.3, 0.4) is 0 Å². The molecule has 2 N–H and O–H groups in total. The Balaban J connectivity index is 1.72. The van der Waals surface area contributed by atoms with Crippen LogP contribution in [0.4, 0.5) is 10.1 Å².